The van der Waals surface area contributed by atoms with Crippen LogP contribution in [0.1, 0.15) is 17.0 Å². The fourth-order valence-electron chi connectivity index (χ4n) is 3.06. The summed E-state index contributed by atoms with van der Waals surface area (Å²) in [5, 5.41) is 2.76. The van der Waals surface area contributed by atoms with Crippen LogP contribution in [0, 0.1) is 0 Å². The topological polar surface area (TPSA) is 81.4 Å². The molecule has 2 aromatic rings. The van der Waals surface area contributed by atoms with E-state index in [4.69, 9.17) is 10.5 Å². The summed E-state index contributed by atoms with van der Waals surface area (Å²) in [6, 6.07) is 16.8. The summed E-state index contributed by atoms with van der Waals surface area (Å²) in [6.07, 6.45) is 0.463. The van der Waals surface area contributed by atoms with E-state index in [1.165, 1.54) is 7.11 Å². The molecule has 0 spiro atoms. The highest BCUT2D eigenvalue weighted by molar-refractivity contribution is 6.14. The molecule has 0 bridgehead atoms. The zero-order valence-corrected chi connectivity index (χ0v) is 12.8. The van der Waals surface area contributed by atoms with Gasteiger partial charge in [-0.1, -0.05) is 48.5 Å². The van der Waals surface area contributed by atoms with Crippen molar-refractivity contribution < 1.29 is 14.3 Å². The maximum atomic E-state index is 12.7. The first kappa shape index (κ1) is 15.2. The number of anilines is 1. The minimum Gasteiger partial charge on any atom is -0.467 e. The number of nitrogens with two attached hydrogens (primary N) is 1. The number of rotatable bonds is 2. The van der Waals surface area contributed by atoms with Gasteiger partial charge in [0, 0.05) is 11.6 Å². The van der Waals surface area contributed by atoms with Crippen LogP contribution >= 0.6 is 0 Å². The molecule has 1 aliphatic rings. The molecule has 5 heteroatoms. The predicted octanol–water partition coefficient (Wildman–Crippen LogP) is 1.84. The van der Waals surface area contributed by atoms with Gasteiger partial charge >= 0.3 is 5.97 Å². The molecule has 3 N–H and O–H groups in total. The number of fused-ring (bicyclic) bond motifs is 1. The first-order valence-corrected chi connectivity index (χ1v) is 7.39. The Balaban J connectivity index is 2.17. The molecule has 1 heterocycles. The average molecular weight is 310 g/mol. The molecule has 0 aromatic heterocycles. The monoisotopic (exact) mass is 310 g/mol. The standard InChI is InChI=1S/C18H18N2O3/c1-23-17(22)18(19)14(12-7-3-2-4-8-12)11-13-9-5-6-10-15(13)20-16(18)21/h2-10,14H,11,19H2,1H3,(H,20,21). The number of carbonyl (C=O) groups is 2. The predicted molar refractivity (Wildman–Crippen MR) is 86.9 cm³/mol. The molecule has 5 nitrogen and oxygen atoms in total. The largest absolute Gasteiger partial charge is 0.467 e. The van der Waals surface area contributed by atoms with E-state index in [9.17, 15) is 9.59 Å². The van der Waals surface area contributed by atoms with Crippen LogP contribution in [0.15, 0.2) is 54.6 Å². The summed E-state index contributed by atoms with van der Waals surface area (Å²) in [5.41, 5.74) is 6.98. The highest BCUT2D eigenvalue weighted by Crippen LogP contribution is 2.37. The molecule has 0 radical (unpaired) electrons. The van der Waals surface area contributed by atoms with Crippen LogP contribution in [0.4, 0.5) is 5.69 Å². The number of hydrogen-bond acceptors (Lipinski definition) is 4. The second-order valence-electron chi connectivity index (χ2n) is 5.64. The molecule has 0 saturated carbocycles. The van der Waals surface area contributed by atoms with E-state index in [1.807, 2.05) is 48.5 Å². The van der Waals surface area contributed by atoms with Gasteiger partial charge in [0.25, 0.3) is 5.91 Å². The van der Waals surface area contributed by atoms with Gasteiger partial charge in [0.05, 0.1) is 7.11 Å². The van der Waals surface area contributed by atoms with Crippen molar-refractivity contribution in [3.8, 4) is 0 Å². The fraction of sp³-hybridized carbons (Fsp3) is 0.222. The van der Waals surface area contributed by atoms with Crippen molar-refractivity contribution in [3.05, 3.63) is 65.7 Å². The molecule has 23 heavy (non-hydrogen) atoms. The lowest BCUT2D eigenvalue weighted by Gasteiger charge is -2.31. The Labute approximate surface area is 134 Å². The second kappa shape index (κ2) is 5.85. The van der Waals surface area contributed by atoms with Crippen molar-refractivity contribution in [2.45, 2.75) is 17.9 Å². The van der Waals surface area contributed by atoms with Gasteiger partial charge in [0.2, 0.25) is 5.54 Å². The number of hydrogen-bond donors (Lipinski definition) is 2. The van der Waals surface area contributed by atoms with Crippen molar-refractivity contribution in [2.24, 2.45) is 5.73 Å². The summed E-state index contributed by atoms with van der Waals surface area (Å²) < 4.78 is 4.84. The average Bonchev–Trinajstić information content (AvgIpc) is 2.70. The van der Waals surface area contributed by atoms with Gasteiger partial charge < -0.3 is 15.8 Å². The Morgan fingerprint density at radius 3 is 2.52 bits per heavy atom. The molecular formula is C18H18N2O3. The quantitative estimate of drug-likeness (QED) is 0.655. The summed E-state index contributed by atoms with van der Waals surface area (Å²) in [7, 11) is 1.24. The Morgan fingerprint density at radius 1 is 1.17 bits per heavy atom. The Bertz CT molecular complexity index is 745. The third-order valence-electron chi connectivity index (χ3n) is 4.34. The van der Waals surface area contributed by atoms with E-state index in [0.717, 1.165) is 11.1 Å². The molecule has 118 valence electrons. The second-order valence-corrected chi connectivity index (χ2v) is 5.64. The van der Waals surface area contributed by atoms with Crippen LogP contribution in [0.3, 0.4) is 0 Å². The van der Waals surface area contributed by atoms with Gasteiger partial charge in [0.15, 0.2) is 0 Å². The molecule has 1 amide bonds. The van der Waals surface area contributed by atoms with Crippen LogP contribution in [-0.2, 0) is 20.7 Å². The van der Waals surface area contributed by atoms with Gasteiger partial charge in [-0.25, -0.2) is 4.79 Å². The molecule has 2 unspecified atom stereocenters. The van der Waals surface area contributed by atoms with Crippen molar-refractivity contribution in [2.75, 3.05) is 12.4 Å². The number of para-hydroxylation sites is 1. The Hall–Kier alpha value is -2.66. The van der Waals surface area contributed by atoms with E-state index in [0.29, 0.717) is 12.1 Å². The van der Waals surface area contributed by atoms with Gasteiger partial charge in [-0.05, 0) is 23.6 Å². The van der Waals surface area contributed by atoms with E-state index in [-0.39, 0.29) is 0 Å². The number of methoxy groups -OCH3 is 1. The molecular weight excluding hydrogens is 292 g/mol. The number of carbonyl (C=O) groups excluding carboxylic acids is 2. The Morgan fingerprint density at radius 2 is 1.83 bits per heavy atom. The molecule has 3 rings (SSSR count). The zero-order chi connectivity index (χ0) is 16.4. The summed E-state index contributed by atoms with van der Waals surface area (Å²) in [4.78, 5) is 25.1. The number of nitrogens with one attached hydrogen (secondary N) is 1. The highest BCUT2D eigenvalue weighted by Gasteiger charge is 2.52. The van der Waals surface area contributed by atoms with Crippen LogP contribution in [0.25, 0.3) is 0 Å². The van der Waals surface area contributed by atoms with E-state index >= 15 is 0 Å². The first-order valence-electron chi connectivity index (χ1n) is 7.39. The van der Waals surface area contributed by atoms with Crippen LogP contribution in [-0.4, -0.2) is 24.5 Å². The molecule has 1 aliphatic heterocycles. The summed E-state index contributed by atoms with van der Waals surface area (Å²) in [5.74, 6) is -1.81. The summed E-state index contributed by atoms with van der Waals surface area (Å²) >= 11 is 0. The molecule has 0 fully saturated rings. The van der Waals surface area contributed by atoms with Crippen molar-refractivity contribution in [3.63, 3.8) is 0 Å². The maximum absolute atomic E-state index is 12.7. The van der Waals surface area contributed by atoms with Gasteiger partial charge in [-0.2, -0.15) is 0 Å². The third kappa shape index (κ3) is 2.49. The fourth-order valence-corrected chi connectivity index (χ4v) is 3.06. The SMILES string of the molecule is COC(=O)C1(N)C(=O)Nc2ccccc2CC1c1ccccc1. The first-order chi connectivity index (χ1) is 11.1. The number of benzene rings is 2. The number of esters is 1. The van der Waals surface area contributed by atoms with Gasteiger partial charge in [-0.3, -0.25) is 4.79 Å². The van der Waals surface area contributed by atoms with E-state index < -0.39 is 23.3 Å². The van der Waals surface area contributed by atoms with Gasteiger partial charge in [0.1, 0.15) is 0 Å². The lowest BCUT2D eigenvalue weighted by Crippen LogP contribution is -2.61. The minimum atomic E-state index is -1.78. The molecule has 2 atom stereocenters. The summed E-state index contributed by atoms with van der Waals surface area (Å²) in [6.45, 7) is 0. The highest BCUT2D eigenvalue weighted by atomic mass is 16.5. The van der Waals surface area contributed by atoms with Crippen molar-refractivity contribution in [1.29, 1.82) is 0 Å². The molecule has 0 saturated heterocycles. The Kier molecular flexibility index (Phi) is 3.88. The normalized spacial score (nSPS) is 23.4. The maximum Gasteiger partial charge on any atom is 0.336 e. The lowest BCUT2D eigenvalue weighted by atomic mass is 9.76. The van der Waals surface area contributed by atoms with Crippen molar-refractivity contribution >= 4 is 17.6 Å². The number of amides is 1. The van der Waals surface area contributed by atoms with Crippen LogP contribution in [0.2, 0.25) is 0 Å². The number of ether oxygens (including phenoxy) is 1. The van der Waals surface area contributed by atoms with Crippen LogP contribution < -0.4 is 11.1 Å². The van der Waals surface area contributed by atoms with Crippen molar-refractivity contribution in [1.82, 2.24) is 0 Å². The zero-order valence-electron chi connectivity index (χ0n) is 12.8. The molecule has 0 aliphatic carbocycles. The lowest BCUT2D eigenvalue weighted by molar-refractivity contribution is -0.151. The van der Waals surface area contributed by atoms with E-state index in [1.54, 1.807) is 6.07 Å². The van der Waals surface area contributed by atoms with E-state index in [2.05, 4.69) is 5.32 Å². The van der Waals surface area contributed by atoms with Crippen LogP contribution in [0.5, 0.6) is 0 Å². The molecule has 2 aromatic carbocycles. The smallest absolute Gasteiger partial charge is 0.336 e. The van der Waals surface area contributed by atoms with Gasteiger partial charge in [-0.15, -0.1) is 0 Å². The third-order valence-corrected chi connectivity index (χ3v) is 4.34. The minimum absolute atomic E-state index is 0.463.